The third-order valence-corrected chi connectivity index (χ3v) is 5.10. The molecule has 1 unspecified atom stereocenters. The molecule has 7 heteroatoms. The maximum absolute atomic E-state index is 12.9. The zero-order valence-electron chi connectivity index (χ0n) is 16.7. The number of hydrogen-bond acceptors (Lipinski definition) is 5. The van der Waals surface area contributed by atoms with Gasteiger partial charge in [-0.2, -0.15) is 0 Å². The topological polar surface area (TPSA) is 87.3 Å². The molecule has 1 atom stereocenters. The fraction of sp³-hybridized carbons (Fsp3) is 0.476. The van der Waals surface area contributed by atoms with Crippen molar-refractivity contribution < 1.29 is 14.3 Å². The zero-order valence-corrected chi connectivity index (χ0v) is 16.7. The molecule has 0 spiro atoms. The number of rotatable bonds is 6. The maximum Gasteiger partial charge on any atom is 0.355 e. The van der Waals surface area contributed by atoms with Crippen LogP contribution in [0.1, 0.15) is 57.6 Å². The van der Waals surface area contributed by atoms with E-state index in [1.165, 1.54) is 0 Å². The van der Waals surface area contributed by atoms with E-state index >= 15 is 0 Å². The van der Waals surface area contributed by atoms with Crippen molar-refractivity contribution in [1.82, 2.24) is 20.2 Å². The number of ether oxygens (including phenoxy) is 1. The molecule has 150 valence electrons. The second-order valence-corrected chi connectivity index (χ2v) is 7.21. The zero-order chi connectivity index (χ0) is 20.1. The molecule has 0 bridgehead atoms. The minimum atomic E-state index is -0.429. The van der Waals surface area contributed by atoms with Gasteiger partial charge in [-0.1, -0.05) is 6.07 Å². The Morgan fingerprint density at radius 2 is 2.18 bits per heavy atom. The number of carbonyl (C=O) groups is 2. The van der Waals surface area contributed by atoms with Crippen LogP contribution in [0.2, 0.25) is 0 Å². The first-order valence-electron chi connectivity index (χ1n) is 9.79. The van der Waals surface area contributed by atoms with Crippen LogP contribution in [0.15, 0.2) is 24.4 Å². The lowest BCUT2D eigenvalue weighted by Gasteiger charge is -2.33. The summed E-state index contributed by atoms with van der Waals surface area (Å²) < 4.78 is 5.06. The molecule has 2 N–H and O–H groups in total. The number of aryl methyl sites for hydroxylation is 1. The summed E-state index contributed by atoms with van der Waals surface area (Å²) in [6, 6.07) is 6.00. The number of aromatic nitrogens is 2. The van der Waals surface area contributed by atoms with E-state index in [1.807, 2.05) is 18.2 Å². The van der Waals surface area contributed by atoms with Gasteiger partial charge >= 0.3 is 5.97 Å². The molecule has 3 rings (SSSR count). The molecule has 3 heterocycles. The third-order valence-electron chi connectivity index (χ3n) is 5.10. The second kappa shape index (κ2) is 9.01. The Kier molecular flexibility index (Phi) is 6.46. The third kappa shape index (κ3) is 4.59. The Bertz CT molecular complexity index is 832. The minimum absolute atomic E-state index is 0.0738. The van der Waals surface area contributed by atoms with Crippen LogP contribution in [0.3, 0.4) is 0 Å². The first kappa shape index (κ1) is 20.1. The fourth-order valence-electron chi connectivity index (χ4n) is 3.79. The molecule has 0 radical (unpaired) electrons. The van der Waals surface area contributed by atoms with Crippen LogP contribution in [0.5, 0.6) is 0 Å². The number of aromatic amines is 1. The van der Waals surface area contributed by atoms with Gasteiger partial charge in [-0.05, 0) is 57.9 Å². The number of likely N-dealkylation sites (tertiary alicyclic amines) is 1. The van der Waals surface area contributed by atoms with Crippen LogP contribution in [0.4, 0.5) is 0 Å². The van der Waals surface area contributed by atoms with E-state index in [1.54, 1.807) is 27.0 Å². The molecule has 1 amide bonds. The van der Waals surface area contributed by atoms with Gasteiger partial charge in [0.25, 0.3) is 5.91 Å². The Balaban J connectivity index is 1.65. The average molecular weight is 384 g/mol. The highest BCUT2D eigenvalue weighted by Gasteiger charge is 2.26. The summed E-state index contributed by atoms with van der Waals surface area (Å²) in [7, 11) is 0. The highest BCUT2D eigenvalue weighted by molar-refractivity contribution is 6.01. The number of nitrogens with zero attached hydrogens (tertiary/aromatic N) is 2. The largest absolute Gasteiger partial charge is 0.461 e. The standard InChI is InChI=1S/C21H28N4O3/c1-4-28-21(27)19-14(2)18(15(3)23-19)20(26)24-17-9-7-11-25(13-17)12-16-8-5-6-10-22-16/h5-6,8,10,17,23H,4,7,9,11-13H2,1-3H3,(H,24,26). The molecule has 1 aliphatic rings. The number of esters is 1. The van der Waals surface area contributed by atoms with Crippen molar-refractivity contribution in [1.29, 1.82) is 0 Å². The summed E-state index contributed by atoms with van der Waals surface area (Å²) >= 11 is 0. The lowest BCUT2D eigenvalue weighted by molar-refractivity contribution is 0.0519. The number of H-pyrrole nitrogens is 1. The lowest BCUT2D eigenvalue weighted by Crippen LogP contribution is -2.47. The summed E-state index contributed by atoms with van der Waals surface area (Å²) in [4.78, 5) is 34.7. The van der Waals surface area contributed by atoms with E-state index < -0.39 is 5.97 Å². The molecular formula is C21H28N4O3. The highest BCUT2D eigenvalue weighted by atomic mass is 16.5. The summed E-state index contributed by atoms with van der Waals surface area (Å²) in [5.41, 5.74) is 3.23. The number of piperidine rings is 1. The Morgan fingerprint density at radius 3 is 2.89 bits per heavy atom. The maximum atomic E-state index is 12.9. The van der Waals surface area contributed by atoms with Crippen molar-refractivity contribution in [2.45, 2.75) is 46.2 Å². The van der Waals surface area contributed by atoms with Crippen molar-refractivity contribution in [3.63, 3.8) is 0 Å². The van der Waals surface area contributed by atoms with Gasteiger partial charge in [-0.3, -0.25) is 14.7 Å². The fourth-order valence-corrected chi connectivity index (χ4v) is 3.79. The average Bonchev–Trinajstić information content (AvgIpc) is 2.97. The molecular weight excluding hydrogens is 356 g/mol. The molecule has 28 heavy (non-hydrogen) atoms. The van der Waals surface area contributed by atoms with Gasteiger partial charge in [0.1, 0.15) is 5.69 Å². The molecule has 0 saturated carbocycles. The van der Waals surface area contributed by atoms with Crippen LogP contribution >= 0.6 is 0 Å². The lowest BCUT2D eigenvalue weighted by atomic mass is 10.0. The first-order valence-corrected chi connectivity index (χ1v) is 9.79. The normalized spacial score (nSPS) is 17.3. The Labute approximate surface area is 165 Å². The molecule has 0 aromatic carbocycles. The number of carbonyl (C=O) groups excluding carboxylic acids is 2. The molecule has 2 aromatic rings. The van der Waals surface area contributed by atoms with Gasteiger partial charge in [0.2, 0.25) is 0 Å². The summed E-state index contributed by atoms with van der Waals surface area (Å²) in [5, 5.41) is 3.14. The van der Waals surface area contributed by atoms with Crippen LogP contribution < -0.4 is 5.32 Å². The van der Waals surface area contributed by atoms with Crippen LogP contribution in [0, 0.1) is 13.8 Å². The van der Waals surface area contributed by atoms with E-state index in [0.717, 1.165) is 38.2 Å². The van der Waals surface area contributed by atoms with Gasteiger partial charge in [-0.25, -0.2) is 4.79 Å². The van der Waals surface area contributed by atoms with Gasteiger partial charge in [0.05, 0.1) is 17.9 Å². The molecule has 7 nitrogen and oxygen atoms in total. The van der Waals surface area contributed by atoms with Crippen LogP contribution in [-0.4, -0.2) is 52.5 Å². The molecule has 1 saturated heterocycles. The summed E-state index contributed by atoms with van der Waals surface area (Å²) in [6.07, 6.45) is 3.77. The quantitative estimate of drug-likeness (QED) is 0.748. The number of pyridine rings is 1. The monoisotopic (exact) mass is 384 g/mol. The predicted molar refractivity (Wildman–Crippen MR) is 106 cm³/mol. The number of nitrogens with one attached hydrogen (secondary N) is 2. The Morgan fingerprint density at radius 1 is 1.36 bits per heavy atom. The minimum Gasteiger partial charge on any atom is -0.461 e. The number of amides is 1. The van der Waals surface area contributed by atoms with Crippen molar-refractivity contribution >= 4 is 11.9 Å². The highest BCUT2D eigenvalue weighted by Crippen LogP contribution is 2.20. The van der Waals surface area contributed by atoms with Gasteiger partial charge in [-0.15, -0.1) is 0 Å². The van der Waals surface area contributed by atoms with Gasteiger partial charge in [0, 0.05) is 31.0 Å². The molecule has 1 fully saturated rings. The van der Waals surface area contributed by atoms with E-state index in [4.69, 9.17) is 4.74 Å². The van der Waals surface area contributed by atoms with E-state index in [2.05, 4.69) is 20.2 Å². The first-order chi connectivity index (χ1) is 13.5. The summed E-state index contributed by atoms with van der Waals surface area (Å²) in [6.45, 7) is 8.20. The van der Waals surface area contributed by atoms with Crippen molar-refractivity contribution in [3.05, 3.63) is 52.6 Å². The molecule has 0 aliphatic carbocycles. The smallest absolute Gasteiger partial charge is 0.355 e. The van der Waals surface area contributed by atoms with Crippen LogP contribution in [0.25, 0.3) is 0 Å². The molecule has 1 aliphatic heterocycles. The Hall–Kier alpha value is -2.67. The van der Waals surface area contributed by atoms with Crippen molar-refractivity contribution in [3.8, 4) is 0 Å². The van der Waals surface area contributed by atoms with Crippen molar-refractivity contribution in [2.75, 3.05) is 19.7 Å². The van der Waals surface area contributed by atoms with Crippen LogP contribution in [-0.2, 0) is 11.3 Å². The van der Waals surface area contributed by atoms with E-state index in [-0.39, 0.29) is 11.9 Å². The number of hydrogen-bond donors (Lipinski definition) is 2. The van der Waals surface area contributed by atoms with E-state index in [9.17, 15) is 9.59 Å². The van der Waals surface area contributed by atoms with Gasteiger partial charge < -0.3 is 15.0 Å². The second-order valence-electron chi connectivity index (χ2n) is 7.21. The molecule has 2 aromatic heterocycles. The van der Waals surface area contributed by atoms with Crippen molar-refractivity contribution in [2.24, 2.45) is 0 Å². The SMILES string of the molecule is CCOC(=O)c1[nH]c(C)c(C(=O)NC2CCCN(Cc3ccccn3)C2)c1C. The van der Waals surface area contributed by atoms with E-state index in [0.29, 0.717) is 29.1 Å². The predicted octanol–water partition coefficient (Wildman–Crippen LogP) is 2.60. The summed E-state index contributed by atoms with van der Waals surface area (Å²) in [5.74, 6) is -0.576. The van der Waals surface area contributed by atoms with Gasteiger partial charge in [0.15, 0.2) is 0 Å².